The van der Waals surface area contributed by atoms with Crippen molar-refractivity contribution in [3.63, 3.8) is 0 Å². The summed E-state index contributed by atoms with van der Waals surface area (Å²) >= 11 is 0. The minimum absolute atomic E-state index is 0.185. The standard InChI is InChI=1S/C21H23N5O2/c1-11(9-22)13-5-7-14(8-6-13)15-16-17(12(2)24-21(15)28-4)25-20(27)19-18(16)23-10-26(19)3/h5-8,10-11H,9,22H2,1-4H3,(H,25,27). The number of nitrogens with zero attached hydrogens (tertiary/aromatic N) is 3. The highest BCUT2D eigenvalue weighted by Gasteiger charge is 2.21. The van der Waals surface area contributed by atoms with Gasteiger partial charge in [-0.25, -0.2) is 9.97 Å². The van der Waals surface area contributed by atoms with Crippen molar-refractivity contribution in [1.82, 2.24) is 19.5 Å². The lowest BCUT2D eigenvalue weighted by molar-refractivity contribution is 0.399. The van der Waals surface area contributed by atoms with Crippen LogP contribution < -0.4 is 16.0 Å². The normalized spacial score (nSPS) is 12.6. The van der Waals surface area contributed by atoms with Gasteiger partial charge in [-0.15, -0.1) is 0 Å². The van der Waals surface area contributed by atoms with Gasteiger partial charge in [0.2, 0.25) is 5.88 Å². The molecule has 0 fully saturated rings. The zero-order chi connectivity index (χ0) is 20.0. The monoisotopic (exact) mass is 377 g/mol. The number of imidazole rings is 1. The number of fused-ring (bicyclic) bond motifs is 3. The van der Waals surface area contributed by atoms with Gasteiger partial charge in [0, 0.05) is 12.4 Å². The lowest BCUT2D eigenvalue weighted by Gasteiger charge is -2.15. The summed E-state index contributed by atoms with van der Waals surface area (Å²) in [5.74, 6) is 0.784. The molecule has 28 heavy (non-hydrogen) atoms. The molecule has 0 bridgehead atoms. The predicted octanol–water partition coefficient (Wildman–Crippen LogP) is 2.86. The van der Waals surface area contributed by atoms with Crippen molar-refractivity contribution < 1.29 is 4.74 Å². The summed E-state index contributed by atoms with van der Waals surface area (Å²) in [6.45, 7) is 4.54. The van der Waals surface area contributed by atoms with E-state index in [0.717, 1.165) is 16.5 Å². The second-order valence-electron chi connectivity index (χ2n) is 7.10. The summed E-state index contributed by atoms with van der Waals surface area (Å²) in [5.41, 5.74) is 11.1. The van der Waals surface area contributed by atoms with E-state index in [2.05, 4.69) is 34.0 Å². The molecule has 4 aromatic rings. The molecule has 0 radical (unpaired) electrons. The highest BCUT2D eigenvalue weighted by atomic mass is 16.5. The van der Waals surface area contributed by atoms with Crippen LogP contribution in [-0.4, -0.2) is 33.2 Å². The Morgan fingerprint density at radius 1 is 1.29 bits per heavy atom. The van der Waals surface area contributed by atoms with Gasteiger partial charge in [-0.2, -0.15) is 0 Å². The number of hydrogen-bond donors (Lipinski definition) is 2. The van der Waals surface area contributed by atoms with Crippen molar-refractivity contribution in [1.29, 1.82) is 0 Å². The van der Waals surface area contributed by atoms with E-state index in [1.165, 1.54) is 5.56 Å². The molecule has 1 aromatic carbocycles. The number of nitrogens with two attached hydrogens (primary N) is 1. The quantitative estimate of drug-likeness (QED) is 0.570. The van der Waals surface area contributed by atoms with Crippen molar-refractivity contribution in [2.75, 3.05) is 13.7 Å². The van der Waals surface area contributed by atoms with Crippen LogP contribution in [0.5, 0.6) is 5.88 Å². The number of methoxy groups -OCH3 is 1. The summed E-state index contributed by atoms with van der Waals surface area (Å²) < 4.78 is 7.34. The highest BCUT2D eigenvalue weighted by molar-refractivity contribution is 6.11. The zero-order valence-corrected chi connectivity index (χ0v) is 16.4. The fourth-order valence-electron chi connectivity index (χ4n) is 3.65. The van der Waals surface area contributed by atoms with Crippen LogP contribution in [0.3, 0.4) is 0 Å². The molecule has 0 amide bonds. The number of nitrogens with one attached hydrogen (secondary N) is 1. The highest BCUT2D eigenvalue weighted by Crippen LogP contribution is 2.38. The molecule has 7 heteroatoms. The van der Waals surface area contributed by atoms with Gasteiger partial charge in [0.1, 0.15) is 11.0 Å². The molecule has 0 aliphatic carbocycles. The third kappa shape index (κ3) is 2.66. The number of pyridine rings is 2. The largest absolute Gasteiger partial charge is 0.481 e. The van der Waals surface area contributed by atoms with Crippen molar-refractivity contribution in [3.8, 4) is 17.0 Å². The van der Waals surface area contributed by atoms with E-state index < -0.39 is 0 Å². The van der Waals surface area contributed by atoms with Gasteiger partial charge in [-0.05, 0) is 30.5 Å². The van der Waals surface area contributed by atoms with Gasteiger partial charge in [0.15, 0.2) is 0 Å². The van der Waals surface area contributed by atoms with E-state index in [9.17, 15) is 4.79 Å². The second-order valence-corrected chi connectivity index (χ2v) is 7.10. The third-order valence-electron chi connectivity index (χ3n) is 5.29. The Kier molecular flexibility index (Phi) is 4.39. The van der Waals surface area contributed by atoms with Crippen LogP contribution in [0.1, 0.15) is 24.1 Å². The molecule has 144 valence electrons. The first-order valence-corrected chi connectivity index (χ1v) is 9.18. The fourth-order valence-corrected chi connectivity index (χ4v) is 3.65. The SMILES string of the molecule is COc1nc(C)c2[nH]c(=O)c3c(ncn3C)c2c1-c1ccc(C(C)CN)cc1. The molecule has 0 spiro atoms. The van der Waals surface area contributed by atoms with Crippen LogP contribution in [0.25, 0.3) is 33.1 Å². The Balaban J connectivity index is 2.11. The van der Waals surface area contributed by atoms with Crippen LogP contribution in [0.4, 0.5) is 0 Å². The molecule has 3 aromatic heterocycles. The van der Waals surface area contributed by atoms with E-state index in [0.29, 0.717) is 34.7 Å². The first-order valence-electron chi connectivity index (χ1n) is 9.18. The molecule has 0 aliphatic rings. The first kappa shape index (κ1) is 18.2. The van der Waals surface area contributed by atoms with E-state index in [-0.39, 0.29) is 11.5 Å². The smallest absolute Gasteiger partial charge is 0.274 e. The molecule has 1 unspecified atom stereocenters. The average molecular weight is 377 g/mol. The molecule has 3 heterocycles. The average Bonchev–Trinajstić information content (AvgIpc) is 3.10. The van der Waals surface area contributed by atoms with E-state index in [1.54, 1.807) is 18.0 Å². The maximum Gasteiger partial charge on any atom is 0.274 e. The number of aromatic nitrogens is 4. The molecular formula is C21H23N5O2. The summed E-state index contributed by atoms with van der Waals surface area (Å²) in [6.07, 6.45) is 1.65. The lowest BCUT2D eigenvalue weighted by atomic mass is 9.95. The predicted molar refractivity (Wildman–Crippen MR) is 111 cm³/mol. The summed E-state index contributed by atoms with van der Waals surface area (Å²) in [4.78, 5) is 24.7. The first-order chi connectivity index (χ1) is 13.5. The van der Waals surface area contributed by atoms with E-state index in [4.69, 9.17) is 10.5 Å². The lowest BCUT2D eigenvalue weighted by Crippen LogP contribution is -2.11. The van der Waals surface area contributed by atoms with Gasteiger partial charge < -0.3 is 20.0 Å². The number of rotatable bonds is 4. The van der Waals surface area contributed by atoms with Crippen LogP contribution in [-0.2, 0) is 7.05 Å². The molecule has 4 rings (SSSR count). The van der Waals surface area contributed by atoms with Crippen molar-refractivity contribution in [2.45, 2.75) is 19.8 Å². The maximum absolute atomic E-state index is 12.6. The number of hydrogen-bond acceptors (Lipinski definition) is 5. The van der Waals surface area contributed by atoms with Crippen molar-refractivity contribution in [2.24, 2.45) is 12.8 Å². The molecule has 0 saturated carbocycles. The van der Waals surface area contributed by atoms with Crippen molar-refractivity contribution in [3.05, 3.63) is 52.2 Å². The maximum atomic E-state index is 12.6. The number of ether oxygens (including phenoxy) is 1. The summed E-state index contributed by atoms with van der Waals surface area (Å²) in [7, 11) is 3.41. The van der Waals surface area contributed by atoms with Crippen LogP contribution >= 0.6 is 0 Å². The van der Waals surface area contributed by atoms with Gasteiger partial charge in [0.25, 0.3) is 5.56 Å². The van der Waals surface area contributed by atoms with Crippen LogP contribution in [0, 0.1) is 6.92 Å². The molecule has 3 N–H and O–H groups in total. The van der Waals surface area contributed by atoms with E-state index >= 15 is 0 Å². The van der Waals surface area contributed by atoms with Crippen molar-refractivity contribution >= 4 is 21.9 Å². The number of aromatic amines is 1. The Morgan fingerprint density at radius 3 is 2.64 bits per heavy atom. The molecule has 0 saturated heterocycles. The summed E-state index contributed by atoms with van der Waals surface area (Å²) in [6, 6.07) is 8.21. The van der Waals surface area contributed by atoms with Crippen LogP contribution in [0.2, 0.25) is 0 Å². The Hall–Kier alpha value is -3.19. The second kappa shape index (κ2) is 6.76. The summed E-state index contributed by atoms with van der Waals surface area (Å²) in [5, 5.41) is 0.833. The molecule has 7 nitrogen and oxygen atoms in total. The van der Waals surface area contributed by atoms with Gasteiger partial charge >= 0.3 is 0 Å². The van der Waals surface area contributed by atoms with Gasteiger partial charge in [-0.1, -0.05) is 31.2 Å². The molecule has 0 aliphatic heterocycles. The topological polar surface area (TPSA) is 98.8 Å². The fraction of sp³-hybridized carbons (Fsp3) is 0.286. The number of H-pyrrole nitrogens is 1. The minimum Gasteiger partial charge on any atom is -0.481 e. The van der Waals surface area contributed by atoms with Gasteiger partial charge in [-0.3, -0.25) is 4.79 Å². The Morgan fingerprint density at radius 2 is 2.00 bits per heavy atom. The van der Waals surface area contributed by atoms with Crippen LogP contribution in [0.15, 0.2) is 35.4 Å². The Bertz CT molecular complexity index is 1240. The molecular weight excluding hydrogens is 354 g/mol. The zero-order valence-electron chi connectivity index (χ0n) is 16.4. The van der Waals surface area contributed by atoms with Gasteiger partial charge in [0.05, 0.1) is 30.2 Å². The van der Waals surface area contributed by atoms with E-state index in [1.807, 2.05) is 26.1 Å². The number of aryl methyl sites for hydroxylation is 2. The minimum atomic E-state index is -0.185. The number of benzene rings is 1. The molecule has 1 atom stereocenters. The Labute approximate surface area is 162 Å². The third-order valence-corrected chi connectivity index (χ3v) is 5.29.